The fourth-order valence-electron chi connectivity index (χ4n) is 5.27. The highest BCUT2D eigenvalue weighted by molar-refractivity contribution is 6.05. The second-order valence-electron chi connectivity index (χ2n) is 8.78. The average Bonchev–Trinajstić information content (AvgIpc) is 3.00. The molecule has 1 aromatic rings. The fourth-order valence-corrected chi connectivity index (χ4v) is 5.27. The number of hydrogen-bond acceptors (Lipinski definition) is 5. The van der Waals surface area contributed by atoms with Crippen LogP contribution in [-0.2, 0) is 22.7 Å². The number of imide groups is 1. The van der Waals surface area contributed by atoms with E-state index in [2.05, 4.69) is 21.6 Å². The second-order valence-corrected chi connectivity index (χ2v) is 8.78. The molecule has 1 aromatic carbocycles. The van der Waals surface area contributed by atoms with Crippen LogP contribution in [0.4, 0.5) is 0 Å². The Morgan fingerprint density at radius 1 is 1.10 bits per heavy atom. The van der Waals surface area contributed by atoms with Gasteiger partial charge >= 0.3 is 0 Å². The molecule has 3 fully saturated rings. The van der Waals surface area contributed by atoms with E-state index >= 15 is 0 Å². The first-order valence-corrected chi connectivity index (χ1v) is 10.8. The largest absolute Gasteiger partial charge is 0.322 e. The first-order chi connectivity index (χ1) is 14.1. The van der Waals surface area contributed by atoms with Crippen molar-refractivity contribution in [3.63, 3.8) is 0 Å². The molecule has 3 aliphatic heterocycles. The molecule has 0 radical (unpaired) electrons. The molecular weight excluding hydrogens is 368 g/mol. The van der Waals surface area contributed by atoms with E-state index in [0.29, 0.717) is 24.6 Å². The van der Waals surface area contributed by atoms with Gasteiger partial charge in [-0.2, -0.15) is 0 Å². The summed E-state index contributed by atoms with van der Waals surface area (Å²) in [5.74, 6) is 0.0846. The molecule has 0 spiro atoms. The van der Waals surface area contributed by atoms with Gasteiger partial charge in [0.05, 0.1) is 0 Å². The number of nitrogens with one attached hydrogen (secondary N) is 2. The molecule has 29 heavy (non-hydrogen) atoms. The SMILES string of the molecule is O=C1CCC(N2Cc3c(CN4CCNCC4C4CCC4)cccc3C2=O)C(=O)N1. The van der Waals surface area contributed by atoms with Gasteiger partial charge in [-0.05, 0) is 42.4 Å². The minimum absolute atomic E-state index is 0.0906. The van der Waals surface area contributed by atoms with E-state index in [1.165, 1.54) is 24.8 Å². The Balaban J connectivity index is 1.36. The van der Waals surface area contributed by atoms with Gasteiger partial charge in [-0.25, -0.2) is 0 Å². The molecule has 0 bridgehead atoms. The number of benzene rings is 1. The first-order valence-electron chi connectivity index (χ1n) is 10.8. The van der Waals surface area contributed by atoms with E-state index in [-0.39, 0.29) is 24.1 Å². The molecular formula is C22H28N4O3. The van der Waals surface area contributed by atoms with Gasteiger partial charge in [-0.1, -0.05) is 18.6 Å². The van der Waals surface area contributed by atoms with E-state index < -0.39 is 6.04 Å². The van der Waals surface area contributed by atoms with Crippen LogP contribution in [-0.4, -0.2) is 59.2 Å². The van der Waals surface area contributed by atoms with Gasteiger partial charge in [0.25, 0.3) is 5.91 Å². The number of piperazine rings is 1. The van der Waals surface area contributed by atoms with Crippen LogP contribution in [0.25, 0.3) is 0 Å². The van der Waals surface area contributed by atoms with Crippen molar-refractivity contribution in [1.82, 2.24) is 20.4 Å². The Morgan fingerprint density at radius 3 is 2.72 bits per heavy atom. The molecule has 2 atom stereocenters. The number of fused-ring (bicyclic) bond motifs is 1. The van der Waals surface area contributed by atoms with E-state index in [4.69, 9.17) is 0 Å². The lowest BCUT2D eigenvalue weighted by atomic mass is 9.78. The topological polar surface area (TPSA) is 81.8 Å². The molecule has 154 valence electrons. The van der Waals surface area contributed by atoms with Crippen molar-refractivity contribution in [3.8, 4) is 0 Å². The number of carbonyl (C=O) groups excluding carboxylic acids is 3. The van der Waals surface area contributed by atoms with E-state index in [1.54, 1.807) is 4.90 Å². The zero-order chi connectivity index (χ0) is 20.0. The highest BCUT2D eigenvalue weighted by atomic mass is 16.2. The molecule has 2 unspecified atom stereocenters. The normalized spacial score (nSPS) is 28.3. The maximum atomic E-state index is 13.0. The van der Waals surface area contributed by atoms with Crippen LogP contribution >= 0.6 is 0 Å². The van der Waals surface area contributed by atoms with Crippen molar-refractivity contribution in [2.45, 2.75) is 57.3 Å². The van der Waals surface area contributed by atoms with E-state index in [0.717, 1.165) is 37.7 Å². The monoisotopic (exact) mass is 396 g/mol. The van der Waals surface area contributed by atoms with Gasteiger partial charge in [0.1, 0.15) is 6.04 Å². The number of carbonyl (C=O) groups is 3. The van der Waals surface area contributed by atoms with Gasteiger partial charge in [0, 0.05) is 50.7 Å². The number of rotatable bonds is 4. The summed E-state index contributed by atoms with van der Waals surface area (Å²) in [6.07, 6.45) is 4.66. The predicted octanol–water partition coefficient (Wildman–Crippen LogP) is 1.02. The van der Waals surface area contributed by atoms with Crippen LogP contribution in [0.5, 0.6) is 0 Å². The highest BCUT2D eigenvalue weighted by Gasteiger charge is 2.40. The minimum atomic E-state index is -0.553. The summed E-state index contributed by atoms with van der Waals surface area (Å²) in [5.41, 5.74) is 2.95. The standard InChI is InChI=1S/C22H28N4O3/c27-20-8-7-18(21(28)24-20)26-13-17-15(5-2-6-16(17)22(26)29)12-25-10-9-23-11-19(25)14-3-1-4-14/h2,5-6,14,18-19,23H,1,3-4,7-13H2,(H,24,27,28). The van der Waals surface area contributed by atoms with Gasteiger partial charge in [0.15, 0.2) is 0 Å². The smallest absolute Gasteiger partial charge is 0.255 e. The van der Waals surface area contributed by atoms with Crippen molar-refractivity contribution in [3.05, 3.63) is 34.9 Å². The summed E-state index contributed by atoms with van der Waals surface area (Å²) in [7, 11) is 0. The Hall–Kier alpha value is -2.25. The molecule has 7 heteroatoms. The maximum Gasteiger partial charge on any atom is 0.255 e. The summed E-state index contributed by atoms with van der Waals surface area (Å²) in [5, 5.41) is 5.92. The number of nitrogens with zero attached hydrogens (tertiary/aromatic N) is 2. The molecule has 1 saturated carbocycles. The van der Waals surface area contributed by atoms with Gasteiger partial charge in [-0.3, -0.25) is 24.6 Å². The number of hydrogen-bond donors (Lipinski definition) is 2. The van der Waals surface area contributed by atoms with Crippen molar-refractivity contribution in [2.24, 2.45) is 5.92 Å². The Labute approximate surface area is 170 Å². The number of piperidine rings is 1. The number of amides is 3. The third-order valence-corrected chi connectivity index (χ3v) is 7.14. The van der Waals surface area contributed by atoms with Crippen LogP contribution < -0.4 is 10.6 Å². The summed E-state index contributed by atoms with van der Waals surface area (Å²) in [6.45, 7) is 4.37. The van der Waals surface area contributed by atoms with Crippen LogP contribution in [0.1, 0.15) is 53.6 Å². The van der Waals surface area contributed by atoms with E-state index in [9.17, 15) is 14.4 Å². The minimum Gasteiger partial charge on any atom is -0.322 e. The molecule has 7 nitrogen and oxygen atoms in total. The molecule has 2 saturated heterocycles. The lowest BCUT2D eigenvalue weighted by molar-refractivity contribution is -0.136. The van der Waals surface area contributed by atoms with Crippen LogP contribution in [0.3, 0.4) is 0 Å². The maximum absolute atomic E-state index is 13.0. The molecule has 0 aromatic heterocycles. The zero-order valence-corrected chi connectivity index (χ0v) is 16.7. The molecule has 4 aliphatic rings. The summed E-state index contributed by atoms with van der Waals surface area (Å²) >= 11 is 0. The van der Waals surface area contributed by atoms with Crippen molar-refractivity contribution in [1.29, 1.82) is 0 Å². The summed E-state index contributed by atoms with van der Waals surface area (Å²) < 4.78 is 0. The molecule has 2 N–H and O–H groups in total. The molecule has 1 aliphatic carbocycles. The summed E-state index contributed by atoms with van der Waals surface area (Å²) in [4.78, 5) is 41.0. The van der Waals surface area contributed by atoms with E-state index in [1.807, 2.05) is 12.1 Å². The Kier molecular flexibility index (Phi) is 4.87. The quantitative estimate of drug-likeness (QED) is 0.743. The van der Waals surface area contributed by atoms with Crippen LogP contribution in [0, 0.1) is 5.92 Å². The van der Waals surface area contributed by atoms with Crippen molar-refractivity contribution < 1.29 is 14.4 Å². The highest BCUT2D eigenvalue weighted by Crippen LogP contribution is 2.35. The third-order valence-electron chi connectivity index (χ3n) is 7.14. The molecule has 5 rings (SSSR count). The lowest BCUT2D eigenvalue weighted by Crippen LogP contribution is -2.55. The fraction of sp³-hybridized carbons (Fsp3) is 0.591. The van der Waals surface area contributed by atoms with Crippen molar-refractivity contribution >= 4 is 17.7 Å². The van der Waals surface area contributed by atoms with Crippen LogP contribution in [0.15, 0.2) is 18.2 Å². The predicted molar refractivity (Wildman–Crippen MR) is 107 cm³/mol. The molecule has 3 heterocycles. The summed E-state index contributed by atoms with van der Waals surface area (Å²) in [6, 6.07) is 5.97. The molecule has 3 amide bonds. The Bertz CT molecular complexity index is 850. The second kappa shape index (κ2) is 7.54. The van der Waals surface area contributed by atoms with Gasteiger partial charge < -0.3 is 10.2 Å². The Morgan fingerprint density at radius 2 is 1.97 bits per heavy atom. The van der Waals surface area contributed by atoms with Crippen molar-refractivity contribution in [2.75, 3.05) is 19.6 Å². The first kappa shape index (κ1) is 18.8. The van der Waals surface area contributed by atoms with Gasteiger partial charge in [0.2, 0.25) is 11.8 Å². The van der Waals surface area contributed by atoms with Gasteiger partial charge in [-0.15, -0.1) is 0 Å². The zero-order valence-electron chi connectivity index (χ0n) is 16.7. The van der Waals surface area contributed by atoms with Crippen LogP contribution in [0.2, 0.25) is 0 Å². The third kappa shape index (κ3) is 3.36. The lowest BCUT2D eigenvalue weighted by Gasteiger charge is -2.44. The average molecular weight is 396 g/mol.